The minimum Gasteiger partial charge on any atom is -0.410 e. The van der Waals surface area contributed by atoms with Crippen LogP contribution in [0.4, 0.5) is 4.79 Å². The highest BCUT2D eigenvalue weighted by Gasteiger charge is 2.11. The third kappa shape index (κ3) is 2.89. The summed E-state index contributed by atoms with van der Waals surface area (Å²) in [7, 11) is 1.59. The van der Waals surface area contributed by atoms with E-state index in [2.05, 4.69) is 0 Å². The van der Waals surface area contributed by atoms with Crippen LogP contribution in [0.5, 0.6) is 5.75 Å². The number of ether oxygens (including phenoxy) is 1. The molecule has 0 heterocycles. The maximum Gasteiger partial charge on any atom is 0.415 e. The van der Waals surface area contributed by atoms with Gasteiger partial charge in [-0.3, -0.25) is 4.90 Å². The summed E-state index contributed by atoms with van der Waals surface area (Å²) in [5, 5.41) is 0. The third-order valence-corrected chi connectivity index (χ3v) is 2.96. The van der Waals surface area contributed by atoms with Crippen LogP contribution in [0.3, 0.4) is 0 Å². The number of hydrogen-bond donors (Lipinski definition) is 0. The molecule has 0 aliphatic rings. The van der Waals surface area contributed by atoms with E-state index in [1.54, 1.807) is 7.05 Å². The van der Waals surface area contributed by atoms with Crippen LogP contribution in [0.25, 0.3) is 0 Å². The van der Waals surface area contributed by atoms with Gasteiger partial charge in [-0.2, -0.15) is 0 Å². The first-order valence-electron chi connectivity index (χ1n) is 5.02. The van der Waals surface area contributed by atoms with Gasteiger partial charge < -0.3 is 4.74 Å². The van der Waals surface area contributed by atoms with Crippen molar-refractivity contribution < 1.29 is 9.53 Å². The molecule has 0 aliphatic heterocycles. The highest BCUT2D eigenvalue weighted by Crippen LogP contribution is 2.21. The molecule has 0 saturated heterocycles. The first-order chi connectivity index (χ1) is 7.45. The Morgan fingerprint density at radius 3 is 2.25 bits per heavy atom. The minimum absolute atomic E-state index is 0.114. The summed E-state index contributed by atoms with van der Waals surface area (Å²) in [6, 6.07) is 3.81. The largest absolute Gasteiger partial charge is 0.415 e. The van der Waals surface area contributed by atoms with Gasteiger partial charge in [0, 0.05) is 7.05 Å². The standard InChI is InChI=1S/C12H16ClNO2/c1-8-5-11(6-9(2)10(8)3)16-12(15)14(4)7-13/h5-6H,7H2,1-4H3. The molecule has 1 aromatic carbocycles. The van der Waals surface area contributed by atoms with Crippen LogP contribution in [0.2, 0.25) is 0 Å². The second kappa shape index (κ2) is 5.21. The molecule has 0 radical (unpaired) electrons. The topological polar surface area (TPSA) is 29.5 Å². The number of carbonyl (C=O) groups excluding carboxylic acids is 1. The van der Waals surface area contributed by atoms with E-state index in [4.69, 9.17) is 16.3 Å². The van der Waals surface area contributed by atoms with Crippen molar-refractivity contribution in [3.63, 3.8) is 0 Å². The number of halogens is 1. The van der Waals surface area contributed by atoms with E-state index in [-0.39, 0.29) is 6.00 Å². The first-order valence-corrected chi connectivity index (χ1v) is 5.56. The van der Waals surface area contributed by atoms with E-state index in [0.29, 0.717) is 5.75 Å². The average Bonchev–Trinajstić information content (AvgIpc) is 2.24. The fraction of sp³-hybridized carbons (Fsp3) is 0.417. The summed E-state index contributed by atoms with van der Waals surface area (Å²) in [6.45, 7) is 6.02. The molecule has 1 aromatic rings. The van der Waals surface area contributed by atoms with Gasteiger partial charge >= 0.3 is 6.09 Å². The average molecular weight is 242 g/mol. The van der Waals surface area contributed by atoms with Crippen molar-refractivity contribution in [1.82, 2.24) is 4.90 Å². The van der Waals surface area contributed by atoms with Gasteiger partial charge in [0.05, 0.1) is 6.00 Å². The van der Waals surface area contributed by atoms with Crippen LogP contribution in [0.1, 0.15) is 16.7 Å². The lowest BCUT2D eigenvalue weighted by Crippen LogP contribution is -2.28. The van der Waals surface area contributed by atoms with Gasteiger partial charge in [0.2, 0.25) is 0 Å². The normalized spacial score (nSPS) is 10.1. The molecule has 1 amide bonds. The Morgan fingerprint density at radius 2 is 1.81 bits per heavy atom. The monoisotopic (exact) mass is 241 g/mol. The number of nitrogens with zero attached hydrogens (tertiary/aromatic N) is 1. The summed E-state index contributed by atoms with van der Waals surface area (Å²) in [6.07, 6.45) is -0.447. The minimum atomic E-state index is -0.447. The molecule has 0 spiro atoms. The van der Waals surface area contributed by atoms with Crippen molar-refractivity contribution in [2.75, 3.05) is 13.1 Å². The lowest BCUT2D eigenvalue weighted by molar-refractivity contribution is 0.169. The highest BCUT2D eigenvalue weighted by molar-refractivity contribution is 6.18. The van der Waals surface area contributed by atoms with E-state index in [1.807, 2.05) is 32.9 Å². The number of hydrogen-bond acceptors (Lipinski definition) is 2. The molecule has 4 heteroatoms. The molecule has 0 aromatic heterocycles. The second-order valence-corrected chi connectivity index (χ2v) is 4.11. The molecule has 0 atom stereocenters. The lowest BCUT2D eigenvalue weighted by atomic mass is 10.0. The van der Waals surface area contributed by atoms with Gasteiger partial charge in [0.15, 0.2) is 0 Å². The van der Waals surface area contributed by atoms with E-state index in [9.17, 15) is 4.79 Å². The van der Waals surface area contributed by atoms with E-state index in [0.717, 1.165) is 11.1 Å². The van der Waals surface area contributed by atoms with Gasteiger partial charge in [-0.05, 0) is 49.6 Å². The molecule has 3 nitrogen and oxygen atoms in total. The molecule has 1 rings (SSSR count). The summed E-state index contributed by atoms with van der Waals surface area (Å²) >= 11 is 5.53. The molecular weight excluding hydrogens is 226 g/mol. The SMILES string of the molecule is Cc1cc(OC(=O)N(C)CCl)cc(C)c1C. The maximum atomic E-state index is 11.5. The number of alkyl halides is 1. The molecule has 0 bridgehead atoms. The van der Waals surface area contributed by atoms with Crippen molar-refractivity contribution in [3.8, 4) is 5.75 Å². The predicted molar refractivity (Wildman–Crippen MR) is 65.2 cm³/mol. The van der Waals surface area contributed by atoms with Crippen LogP contribution >= 0.6 is 11.6 Å². The van der Waals surface area contributed by atoms with Crippen LogP contribution in [-0.2, 0) is 0 Å². The third-order valence-electron chi connectivity index (χ3n) is 2.60. The predicted octanol–water partition coefficient (Wildman–Crippen LogP) is 3.24. The summed E-state index contributed by atoms with van der Waals surface area (Å²) in [5.41, 5.74) is 3.43. The Labute approximate surface area is 101 Å². The zero-order chi connectivity index (χ0) is 12.3. The first kappa shape index (κ1) is 12.8. The molecule has 0 unspecified atom stereocenters. The second-order valence-electron chi connectivity index (χ2n) is 3.87. The van der Waals surface area contributed by atoms with Crippen LogP contribution in [0, 0.1) is 20.8 Å². The van der Waals surface area contributed by atoms with Crippen molar-refractivity contribution in [3.05, 3.63) is 28.8 Å². The number of aryl methyl sites for hydroxylation is 2. The Balaban J connectivity index is 2.87. The van der Waals surface area contributed by atoms with Gasteiger partial charge in [-0.25, -0.2) is 4.79 Å². The lowest BCUT2D eigenvalue weighted by Gasteiger charge is -2.14. The van der Waals surface area contributed by atoms with E-state index < -0.39 is 6.09 Å². The Kier molecular flexibility index (Phi) is 4.19. The number of carbonyl (C=O) groups is 1. The van der Waals surface area contributed by atoms with Gasteiger partial charge in [0.1, 0.15) is 5.75 Å². The van der Waals surface area contributed by atoms with E-state index in [1.165, 1.54) is 10.5 Å². The van der Waals surface area contributed by atoms with Crippen molar-refractivity contribution >= 4 is 17.7 Å². The van der Waals surface area contributed by atoms with Crippen molar-refractivity contribution in [2.45, 2.75) is 20.8 Å². The molecule has 16 heavy (non-hydrogen) atoms. The molecular formula is C12H16ClNO2. The summed E-state index contributed by atoms with van der Waals surface area (Å²) in [4.78, 5) is 12.8. The highest BCUT2D eigenvalue weighted by atomic mass is 35.5. The Morgan fingerprint density at radius 1 is 1.31 bits per heavy atom. The van der Waals surface area contributed by atoms with Crippen LogP contribution in [-0.4, -0.2) is 24.0 Å². The van der Waals surface area contributed by atoms with Crippen molar-refractivity contribution in [2.24, 2.45) is 0 Å². The van der Waals surface area contributed by atoms with Gasteiger partial charge in [-0.1, -0.05) is 0 Å². The maximum absolute atomic E-state index is 11.5. The van der Waals surface area contributed by atoms with Crippen molar-refractivity contribution in [1.29, 1.82) is 0 Å². The summed E-state index contributed by atoms with van der Waals surface area (Å²) in [5.74, 6) is 0.558. The van der Waals surface area contributed by atoms with Gasteiger partial charge in [-0.15, -0.1) is 11.6 Å². The fourth-order valence-electron chi connectivity index (χ4n) is 1.28. The van der Waals surface area contributed by atoms with Gasteiger partial charge in [0.25, 0.3) is 0 Å². The Hall–Kier alpha value is -1.22. The van der Waals surface area contributed by atoms with E-state index >= 15 is 0 Å². The smallest absolute Gasteiger partial charge is 0.410 e. The molecule has 0 fully saturated rings. The summed E-state index contributed by atoms with van der Waals surface area (Å²) < 4.78 is 5.19. The number of benzene rings is 1. The fourth-order valence-corrected chi connectivity index (χ4v) is 1.38. The zero-order valence-corrected chi connectivity index (χ0v) is 10.8. The quantitative estimate of drug-likeness (QED) is 0.588. The van der Waals surface area contributed by atoms with Crippen LogP contribution < -0.4 is 4.74 Å². The molecule has 88 valence electrons. The number of amides is 1. The molecule has 0 aliphatic carbocycles. The zero-order valence-electron chi connectivity index (χ0n) is 10.0. The van der Waals surface area contributed by atoms with Crippen LogP contribution in [0.15, 0.2) is 12.1 Å². The molecule has 0 N–H and O–H groups in total. The Bertz CT molecular complexity index is 381. The molecule has 0 saturated carbocycles. The number of rotatable bonds is 2.